The van der Waals surface area contributed by atoms with Gasteiger partial charge in [0.05, 0.1) is 11.7 Å². The largest absolute Gasteiger partial charge is 0.491 e. The number of para-hydroxylation sites is 1. The van der Waals surface area contributed by atoms with Gasteiger partial charge in [-0.25, -0.2) is 0 Å². The number of fused-ring (bicyclic) bond motifs is 1. The van der Waals surface area contributed by atoms with Gasteiger partial charge in [0.2, 0.25) is 0 Å². The van der Waals surface area contributed by atoms with Crippen LogP contribution >= 0.6 is 0 Å². The molecule has 0 aliphatic carbocycles. The van der Waals surface area contributed by atoms with E-state index in [0.29, 0.717) is 18.0 Å². The van der Waals surface area contributed by atoms with Crippen molar-refractivity contribution >= 4 is 11.6 Å². The smallest absolute Gasteiger partial charge is 0.268 e. The predicted octanol–water partition coefficient (Wildman–Crippen LogP) is 2.34. The number of benzene rings is 1. The maximum atomic E-state index is 12.5. The highest BCUT2D eigenvalue weighted by atomic mass is 16.5. The molecule has 0 spiro atoms. The molecule has 1 atom stereocenters. The minimum Gasteiger partial charge on any atom is -0.491 e. The molecule has 21 heavy (non-hydrogen) atoms. The summed E-state index contributed by atoms with van der Waals surface area (Å²) in [5, 5.41) is 3.02. The normalized spacial score (nSPS) is 16.3. The molecule has 0 radical (unpaired) electrons. The summed E-state index contributed by atoms with van der Waals surface area (Å²) in [6.45, 7) is 3.31. The van der Waals surface area contributed by atoms with Crippen LogP contribution in [0.4, 0.5) is 5.69 Å². The van der Waals surface area contributed by atoms with Crippen LogP contribution in [0, 0.1) is 0 Å². The van der Waals surface area contributed by atoms with Crippen LogP contribution in [0.3, 0.4) is 0 Å². The summed E-state index contributed by atoms with van der Waals surface area (Å²) in [6.07, 6.45) is 2.75. The van der Waals surface area contributed by atoms with Crippen molar-refractivity contribution in [3.63, 3.8) is 0 Å². The summed E-state index contributed by atoms with van der Waals surface area (Å²) in [5.41, 5.74) is 8.03. The first-order valence-corrected chi connectivity index (χ1v) is 7.17. The second-order valence-electron chi connectivity index (χ2n) is 5.23. The quantitative estimate of drug-likeness (QED) is 0.906. The Bertz CT molecular complexity index is 663. The molecule has 1 aliphatic rings. The van der Waals surface area contributed by atoms with Crippen molar-refractivity contribution in [1.82, 2.24) is 9.88 Å². The average molecular weight is 285 g/mol. The molecular formula is C16H19N3O2. The summed E-state index contributed by atoms with van der Waals surface area (Å²) in [5.74, 6) is 0.719. The monoisotopic (exact) mass is 285 g/mol. The summed E-state index contributed by atoms with van der Waals surface area (Å²) >= 11 is 0. The van der Waals surface area contributed by atoms with Gasteiger partial charge < -0.3 is 20.4 Å². The highest BCUT2D eigenvalue weighted by molar-refractivity contribution is 5.94. The Balaban J connectivity index is 1.79. The number of anilines is 1. The number of aryl methyl sites for hydroxylation is 1. The zero-order valence-corrected chi connectivity index (χ0v) is 12.0. The Morgan fingerprint density at radius 3 is 3.10 bits per heavy atom. The second kappa shape index (κ2) is 5.52. The van der Waals surface area contributed by atoms with Crippen LogP contribution in [0.1, 0.15) is 35.4 Å². The SMILES string of the molecule is CCCn1cc(N)cc1C(=O)NC1COc2ccccc21. The lowest BCUT2D eigenvalue weighted by molar-refractivity contribution is 0.0921. The van der Waals surface area contributed by atoms with E-state index in [4.69, 9.17) is 10.5 Å². The number of rotatable bonds is 4. The molecule has 1 unspecified atom stereocenters. The van der Waals surface area contributed by atoms with Crippen LogP contribution in [0.25, 0.3) is 0 Å². The first kappa shape index (κ1) is 13.5. The minimum atomic E-state index is -0.120. The first-order valence-electron chi connectivity index (χ1n) is 7.17. The van der Waals surface area contributed by atoms with E-state index < -0.39 is 0 Å². The Morgan fingerprint density at radius 2 is 2.29 bits per heavy atom. The van der Waals surface area contributed by atoms with Crippen LogP contribution in [0.15, 0.2) is 36.5 Å². The van der Waals surface area contributed by atoms with Crippen molar-refractivity contribution in [3.8, 4) is 5.75 Å². The third-order valence-electron chi connectivity index (χ3n) is 3.62. The third-order valence-corrected chi connectivity index (χ3v) is 3.62. The predicted molar refractivity (Wildman–Crippen MR) is 81.3 cm³/mol. The molecule has 1 aromatic heterocycles. The number of amides is 1. The Morgan fingerprint density at radius 1 is 1.48 bits per heavy atom. The number of hydrogen-bond donors (Lipinski definition) is 2. The Hall–Kier alpha value is -2.43. The molecule has 0 saturated heterocycles. The first-order chi connectivity index (χ1) is 10.2. The molecule has 0 fully saturated rings. The highest BCUT2D eigenvalue weighted by Gasteiger charge is 2.26. The lowest BCUT2D eigenvalue weighted by Gasteiger charge is -2.13. The van der Waals surface area contributed by atoms with Gasteiger partial charge in [0.15, 0.2) is 0 Å². The van der Waals surface area contributed by atoms with Crippen molar-refractivity contribution in [2.45, 2.75) is 25.9 Å². The van der Waals surface area contributed by atoms with E-state index in [9.17, 15) is 4.79 Å². The molecule has 1 aliphatic heterocycles. The number of hydrogen-bond acceptors (Lipinski definition) is 3. The van der Waals surface area contributed by atoms with Gasteiger partial charge in [-0.2, -0.15) is 0 Å². The van der Waals surface area contributed by atoms with Crippen molar-refractivity contribution in [3.05, 3.63) is 47.8 Å². The number of ether oxygens (including phenoxy) is 1. The fourth-order valence-electron chi connectivity index (χ4n) is 2.66. The second-order valence-corrected chi connectivity index (χ2v) is 5.23. The van der Waals surface area contributed by atoms with Gasteiger partial charge in [0.25, 0.3) is 5.91 Å². The summed E-state index contributed by atoms with van der Waals surface area (Å²) in [4.78, 5) is 12.5. The molecule has 110 valence electrons. The van der Waals surface area contributed by atoms with Gasteiger partial charge in [-0.05, 0) is 18.6 Å². The maximum absolute atomic E-state index is 12.5. The van der Waals surface area contributed by atoms with Gasteiger partial charge in [-0.3, -0.25) is 4.79 Å². The van der Waals surface area contributed by atoms with Crippen molar-refractivity contribution in [1.29, 1.82) is 0 Å². The molecule has 5 heteroatoms. The van der Waals surface area contributed by atoms with Crippen LogP contribution in [-0.4, -0.2) is 17.1 Å². The molecule has 3 rings (SSSR count). The number of nitrogen functional groups attached to an aromatic ring is 1. The van der Waals surface area contributed by atoms with Crippen molar-refractivity contribution < 1.29 is 9.53 Å². The number of nitrogens with two attached hydrogens (primary N) is 1. The molecule has 1 amide bonds. The van der Waals surface area contributed by atoms with E-state index >= 15 is 0 Å². The lowest BCUT2D eigenvalue weighted by atomic mass is 10.1. The van der Waals surface area contributed by atoms with Crippen LogP contribution < -0.4 is 15.8 Å². The number of aromatic nitrogens is 1. The Labute approximate surface area is 123 Å². The summed E-state index contributed by atoms with van der Waals surface area (Å²) in [6, 6.07) is 9.37. The average Bonchev–Trinajstić information content (AvgIpc) is 3.04. The minimum absolute atomic E-state index is 0.111. The summed E-state index contributed by atoms with van der Waals surface area (Å²) in [7, 11) is 0. The lowest BCUT2D eigenvalue weighted by Crippen LogP contribution is -2.31. The van der Waals surface area contributed by atoms with Gasteiger partial charge in [-0.1, -0.05) is 25.1 Å². The maximum Gasteiger partial charge on any atom is 0.268 e. The van der Waals surface area contributed by atoms with Crippen LogP contribution in [-0.2, 0) is 6.54 Å². The molecule has 2 aromatic rings. The van der Waals surface area contributed by atoms with E-state index in [1.807, 2.05) is 28.8 Å². The standard InChI is InChI=1S/C16H19N3O2/c1-2-7-19-9-11(17)8-14(19)16(20)18-13-10-21-15-6-4-3-5-12(13)15/h3-6,8-9,13H,2,7,10,17H2,1H3,(H,18,20). The van der Waals surface area contributed by atoms with E-state index in [-0.39, 0.29) is 11.9 Å². The Kier molecular flexibility index (Phi) is 3.56. The number of nitrogens with one attached hydrogen (secondary N) is 1. The molecule has 0 bridgehead atoms. The molecule has 3 N–H and O–H groups in total. The van der Waals surface area contributed by atoms with Gasteiger partial charge in [0, 0.05) is 18.3 Å². The fourth-order valence-corrected chi connectivity index (χ4v) is 2.66. The van der Waals surface area contributed by atoms with Crippen molar-refractivity contribution in [2.24, 2.45) is 0 Å². The summed E-state index contributed by atoms with van der Waals surface area (Å²) < 4.78 is 7.48. The van der Waals surface area contributed by atoms with E-state index in [1.165, 1.54) is 0 Å². The molecule has 5 nitrogen and oxygen atoms in total. The zero-order valence-electron chi connectivity index (χ0n) is 12.0. The molecule has 0 saturated carbocycles. The fraction of sp³-hybridized carbons (Fsp3) is 0.312. The number of carbonyl (C=O) groups is 1. The molecule has 1 aromatic carbocycles. The van der Waals surface area contributed by atoms with Crippen LogP contribution in [0.5, 0.6) is 5.75 Å². The third kappa shape index (κ3) is 2.59. The molecule has 2 heterocycles. The topological polar surface area (TPSA) is 69.3 Å². The van der Waals surface area contributed by atoms with E-state index in [1.54, 1.807) is 12.3 Å². The molecular weight excluding hydrogens is 266 g/mol. The van der Waals surface area contributed by atoms with Gasteiger partial charge in [0.1, 0.15) is 18.1 Å². The van der Waals surface area contributed by atoms with Crippen LogP contribution in [0.2, 0.25) is 0 Å². The highest BCUT2D eigenvalue weighted by Crippen LogP contribution is 2.31. The van der Waals surface area contributed by atoms with Crippen molar-refractivity contribution in [2.75, 3.05) is 12.3 Å². The number of nitrogens with zero attached hydrogens (tertiary/aromatic N) is 1. The van der Waals surface area contributed by atoms with E-state index in [0.717, 1.165) is 24.3 Å². The van der Waals surface area contributed by atoms with Gasteiger partial charge >= 0.3 is 0 Å². The number of carbonyl (C=O) groups excluding carboxylic acids is 1. The van der Waals surface area contributed by atoms with E-state index in [2.05, 4.69) is 12.2 Å². The van der Waals surface area contributed by atoms with Gasteiger partial charge in [-0.15, -0.1) is 0 Å². The zero-order chi connectivity index (χ0) is 14.8.